The molecule has 160 valence electrons. The van der Waals surface area contributed by atoms with E-state index >= 15 is 0 Å². The minimum atomic E-state index is -1.02. The van der Waals surface area contributed by atoms with Crippen LogP contribution in [0.15, 0.2) is 23.8 Å². The Morgan fingerprint density at radius 1 is 0.857 bits per heavy atom. The van der Waals surface area contributed by atoms with E-state index in [1.54, 1.807) is 0 Å². The molecule has 0 aliphatic rings. The van der Waals surface area contributed by atoms with Crippen molar-refractivity contribution in [1.29, 1.82) is 0 Å². The lowest BCUT2D eigenvalue weighted by atomic mass is 10.2. The third kappa shape index (κ3) is 18.1. The second-order valence-corrected chi connectivity index (χ2v) is 5.72. The number of hydrogen-bond donors (Lipinski definition) is 3. The molecule has 0 heterocycles. The minimum absolute atomic E-state index is 0.112. The molecule has 10 heteroatoms. The summed E-state index contributed by atoms with van der Waals surface area (Å²) in [5.41, 5.74) is 0.413. The largest absolute Gasteiger partial charge is 0.478 e. The summed E-state index contributed by atoms with van der Waals surface area (Å²) in [6, 6.07) is 0. The van der Waals surface area contributed by atoms with E-state index in [-0.39, 0.29) is 37.4 Å². The molecule has 0 aromatic carbocycles. The summed E-state index contributed by atoms with van der Waals surface area (Å²) < 4.78 is 13.6. The fraction of sp³-hybridized carbons (Fsp3) is 0.556. The van der Waals surface area contributed by atoms with Crippen LogP contribution in [0.3, 0.4) is 0 Å². The number of carbonyl (C=O) groups excluding carboxylic acids is 3. The Balaban J connectivity index is 0. The highest BCUT2D eigenvalue weighted by molar-refractivity contribution is 5.87. The van der Waals surface area contributed by atoms with Crippen molar-refractivity contribution < 1.29 is 48.7 Å². The van der Waals surface area contributed by atoms with Crippen molar-refractivity contribution >= 4 is 23.9 Å². The molecule has 0 bridgehead atoms. The van der Waals surface area contributed by atoms with E-state index in [0.29, 0.717) is 0 Å². The smallest absolute Gasteiger partial charge is 0.333 e. The summed E-state index contributed by atoms with van der Waals surface area (Å²) in [4.78, 5) is 41.9. The monoisotopic (exact) mass is 404 g/mol. The van der Waals surface area contributed by atoms with Gasteiger partial charge in [0.2, 0.25) is 0 Å². The maximum atomic E-state index is 10.8. The number of ether oxygens (including phenoxy) is 3. The first-order chi connectivity index (χ1) is 12.9. The number of rotatable bonds is 10. The van der Waals surface area contributed by atoms with Gasteiger partial charge in [0.1, 0.15) is 25.9 Å². The highest BCUT2D eigenvalue weighted by Crippen LogP contribution is 2.00. The zero-order valence-corrected chi connectivity index (χ0v) is 16.5. The maximum Gasteiger partial charge on any atom is 0.333 e. The van der Waals surface area contributed by atoms with Gasteiger partial charge in [-0.15, -0.1) is 0 Å². The summed E-state index contributed by atoms with van der Waals surface area (Å²) in [5.74, 6) is -2.56. The molecule has 0 rings (SSSR count). The number of carboxylic acid groups (broad SMARTS) is 1. The number of aliphatic carboxylic acids is 1. The van der Waals surface area contributed by atoms with E-state index in [1.807, 2.05) is 0 Å². The topological polar surface area (TPSA) is 157 Å². The first kappa shape index (κ1) is 27.5. The number of esters is 3. The van der Waals surface area contributed by atoms with Gasteiger partial charge in [0.25, 0.3) is 0 Å². The summed E-state index contributed by atoms with van der Waals surface area (Å²) in [6.45, 7) is 8.26. The highest BCUT2D eigenvalue weighted by Gasteiger charge is 2.10. The lowest BCUT2D eigenvalue weighted by molar-refractivity contribution is -0.148. The van der Waals surface area contributed by atoms with E-state index in [4.69, 9.17) is 10.2 Å². The van der Waals surface area contributed by atoms with Crippen LogP contribution in [0.25, 0.3) is 0 Å². The van der Waals surface area contributed by atoms with E-state index in [2.05, 4.69) is 20.8 Å². The normalized spacial score (nSPS) is 12.6. The molecule has 2 atom stereocenters. The number of carboxylic acids is 1. The molecule has 0 amide bonds. The van der Waals surface area contributed by atoms with Gasteiger partial charge < -0.3 is 29.5 Å². The molecule has 2 unspecified atom stereocenters. The van der Waals surface area contributed by atoms with E-state index in [0.717, 1.165) is 0 Å². The van der Waals surface area contributed by atoms with Gasteiger partial charge in [-0.1, -0.05) is 12.7 Å². The average molecular weight is 404 g/mol. The van der Waals surface area contributed by atoms with Gasteiger partial charge in [0.15, 0.2) is 0 Å². The van der Waals surface area contributed by atoms with Gasteiger partial charge in [-0.25, -0.2) is 9.59 Å². The molecule has 0 aliphatic carbocycles. The van der Waals surface area contributed by atoms with Crippen LogP contribution in [-0.2, 0) is 33.4 Å². The Morgan fingerprint density at radius 3 is 1.68 bits per heavy atom. The first-order valence-corrected chi connectivity index (χ1v) is 8.22. The third-order valence-corrected chi connectivity index (χ3v) is 2.75. The van der Waals surface area contributed by atoms with E-state index in [9.17, 15) is 24.3 Å². The highest BCUT2D eigenvalue weighted by atomic mass is 16.6. The summed E-state index contributed by atoms with van der Waals surface area (Å²) in [5, 5.41) is 26.8. The summed E-state index contributed by atoms with van der Waals surface area (Å²) in [7, 11) is 0. The predicted molar refractivity (Wildman–Crippen MR) is 97.1 cm³/mol. The van der Waals surface area contributed by atoms with Crippen LogP contribution < -0.4 is 0 Å². The molecule has 3 N–H and O–H groups in total. The Bertz CT molecular complexity index is 579. The zero-order valence-electron chi connectivity index (χ0n) is 16.5. The number of hydrogen-bond acceptors (Lipinski definition) is 9. The van der Waals surface area contributed by atoms with Crippen molar-refractivity contribution in [2.75, 3.05) is 19.8 Å². The lowest BCUT2D eigenvalue weighted by Gasteiger charge is -2.10. The molecule has 0 saturated heterocycles. The van der Waals surface area contributed by atoms with Crippen LogP contribution >= 0.6 is 0 Å². The SMILES string of the molecule is C=C(C)C(=O)OCC(O)COC(C)=O.CC(=O)OCC(O)CC=C(C)C(=O)O. The summed E-state index contributed by atoms with van der Waals surface area (Å²) in [6.07, 6.45) is -0.308. The van der Waals surface area contributed by atoms with Crippen molar-refractivity contribution in [3.63, 3.8) is 0 Å². The fourth-order valence-electron chi connectivity index (χ4n) is 1.24. The quantitative estimate of drug-likeness (QED) is 0.264. The fourth-order valence-corrected chi connectivity index (χ4v) is 1.24. The van der Waals surface area contributed by atoms with Crippen molar-refractivity contribution in [3.8, 4) is 0 Å². The molecule has 0 aromatic rings. The lowest BCUT2D eigenvalue weighted by Crippen LogP contribution is -2.24. The Morgan fingerprint density at radius 2 is 1.29 bits per heavy atom. The minimum Gasteiger partial charge on any atom is -0.478 e. The second kappa shape index (κ2) is 15.3. The molecule has 0 aliphatic heterocycles. The molecule has 0 radical (unpaired) electrons. The number of aliphatic hydroxyl groups excluding tert-OH is 2. The van der Waals surface area contributed by atoms with Crippen LogP contribution in [0, 0.1) is 0 Å². The van der Waals surface area contributed by atoms with Crippen LogP contribution in [0.4, 0.5) is 0 Å². The molecular weight excluding hydrogens is 376 g/mol. The molecule has 10 nitrogen and oxygen atoms in total. The second-order valence-electron chi connectivity index (χ2n) is 5.72. The van der Waals surface area contributed by atoms with Crippen LogP contribution in [-0.4, -0.2) is 71.2 Å². The zero-order chi connectivity index (χ0) is 22.3. The van der Waals surface area contributed by atoms with Crippen molar-refractivity contribution in [1.82, 2.24) is 0 Å². The van der Waals surface area contributed by atoms with E-state index < -0.39 is 36.1 Å². The van der Waals surface area contributed by atoms with Gasteiger partial charge in [-0.05, 0) is 20.3 Å². The molecule has 0 saturated carbocycles. The van der Waals surface area contributed by atoms with Crippen molar-refractivity contribution in [2.45, 2.75) is 46.3 Å². The van der Waals surface area contributed by atoms with Crippen molar-refractivity contribution in [3.05, 3.63) is 23.8 Å². The number of carbonyl (C=O) groups is 4. The van der Waals surface area contributed by atoms with Gasteiger partial charge >= 0.3 is 23.9 Å². The average Bonchev–Trinajstić information content (AvgIpc) is 2.60. The predicted octanol–water partition coefficient (Wildman–Crippen LogP) is 0.361. The molecule has 0 fully saturated rings. The van der Waals surface area contributed by atoms with Gasteiger partial charge in [-0.2, -0.15) is 0 Å². The van der Waals surface area contributed by atoms with Crippen LogP contribution in [0.1, 0.15) is 34.1 Å². The third-order valence-electron chi connectivity index (χ3n) is 2.75. The van der Waals surface area contributed by atoms with Crippen LogP contribution in [0.5, 0.6) is 0 Å². The Kier molecular flexibility index (Phi) is 15.1. The Labute approximate surface area is 163 Å². The molecule has 0 aromatic heterocycles. The summed E-state index contributed by atoms with van der Waals surface area (Å²) >= 11 is 0. The Hall–Kier alpha value is -2.72. The van der Waals surface area contributed by atoms with Gasteiger partial charge in [0.05, 0.1) is 6.10 Å². The molecule has 0 spiro atoms. The first-order valence-electron chi connectivity index (χ1n) is 8.22. The van der Waals surface area contributed by atoms with Crippen LogP contribution in [0.2, 0.25) is 0 Å². The maximum absolute atomic E-state index is 10.8. The van der Waals surface area contributed by atoms with Crippen molar-refractivity contribution in [2.24, 2.45) is 0 Å². The molecule has 28 heavy (non-hydrogen) atoms. The van der Waals surface area contributed by atoms with Gasteiger partial charge in [-0.3, -0.25) is 9.59 Å². The van der Waals surface area contributed by atoms with E-state index in [1.165, 1.54) is 33.8 Å². The number of aliphatic hydroxyl groups is 2. The standard InChI is InChI=1S/2C9H14O5/c1-6(2)9(12)14-5-8(11)4-13-7(3)10;1-6(9(12)13)3-4-8(11)5-14-7(2)10/h8,11H,1,4-5H2,2-3H3;3,8,11H,4-5H2,1-2H3,(H,12,13). The molecular formula is C18H28O10. The van der Waals surface area contributed by atoms with Gasteiger partial charge in [0, 0.05) is 25.0 Å².